The van der Waals surface area contributed by atoms with Crippen LogP contribution in [0.5, 0.6) is 5.75 Å². The monoisotopic (exact) mass is 288 g/mol. The Balaban J connectivity index is 2.22. The van der Waals surface area contributed by atoms with Crippen LogP contribution >= 0.6 is 0 Å². The molecule has 21 heavy (non-hydrogen) atoms. The number of nitrogens with zero attached hydrogens (tertiary/aromatic N) is 4. The van der Waals surface area contributed by atoms with Crippen LogP contribution < -0.4 is 20.7 Å². The minimum absolute atomic E-state index is 0.197. The van der Waals surface area contributed by atoms with Crippen LogP contribution in [0.15, 0.2) is 24.3 Å². The van der Waals surface area contributed by atoms with Gasteiger partial charge >= 0.3 is 0 Å². The van der Waals surface area contributed by atoms with Crippen LogP contribution in [0.1, 0.15) is 13.8 Å². The summed E-state index contributed by atoms with van der Waals surface area (Å²) in [7, 11) is 1.63. The summed E-state index contributed by atoms with van der Waals surface area (Å²) in [5.41, 5.74) is 6.61. The zero-order valence-electron chi connectivity index (χ0n) is 12.5. The number of aromatic nitrogens is 3. The number of nitrogens with two attached hydrogens (primary N) is 1. The number of methoxy groups -OCH3 is 1. The van der Waals surface area contributed by atoms with Crippen molar-refractivity contribution in [3.05, 3.63) is 24.3 Å². The van der Waals surface area contributed by atoms with E-state index in [9.17, 15) is 0 Å². The third-order valence-electron chi connectivity index (χ3n) is 3.03. The largest absolute Gasteiger partial charge is 0.497 e. The Bertz CT molecular complexity index is 583. The first-order chi connectivity index (χ1) is 10.2. The molecule has 2 aromatic rings. The molecular weight excluding hydrogens is 268 g/mol. The second kappa shape index (κ2) is 6.74. The fourth-order valence-corrected chi connectivity index (χ4v) is 1.89. The predicted octanol–water partition coefficient (Wildman–Crippen LogP) is 2.05. The second-order valence-corrected chi connectivity index (χ2v) is 4.34. The molecule has 3 N–H and O–H groups in total. The molecule has 0 bridgehead atoms. The Morgan fingerprint density at radius 1 is 1.10 bits per heavy atom. The zero-order valence-corrected chi connectivity index (χ0v) is 12.5. The smallest absolute Gasteiger partial charge is 0.233 e. The SMILES string of the molecule is CCN(CC)c1nc(N)nc(Nc2ccc(OC)cc2)n1. The lowest BCUT2D eigenvalue weighted by molar-refractivity contribution is 0.415. The van der Waals surface area contributed by atoms with Crippen LogP contribution in [0, 0.1) is 0 Å². The maximum atomic E-state index is 5.76. The third-order valence-corrected chi connectivity index (χ3v) is 3.03. The van der Waals surface area contributed by atoms with E-state index in [0.29, 0.717) is 11.9 Å². The fourth-order valence-electron chi connectivity index (χ4n) is 1.89. The van der Waals surface area contributed by atoms with E-state index >= 15 is 0 Å². The van der Waals surface area contributed by atoms with Gasteiger partial charge in [0, 0.05) is 18.8 Å². The second-order valence-electron chi connectivity index (χ2n) is 4.34. The first kappa shape index (κ1) is 14.8. The molecule has 0 unspecified atom stereocenters. The van der Waals surface area contributed by atoms with Gasteiger partial charge in [-0.3, -0.25) is 0 Å². The molecule has 0 aliphatic rings. The van der Waals surface area contributed by atoms with E-state index in [0.717, 1.165) is 24.5 Å². The number of hydrogen-bond acceptors (Lipinski definition) is 7. The average Bonchev–Trinajstić information content (AvgIpc) is 2.49. The molecule has 0 amide bonds. The van der Waals surface area contributed by atoms with E-state index in [1.54, 1.807) is 7.11 Å². The van der Waals surface area contributed by atoms with Crippen molar-refractivity contribution in [2.45, 2.75) is 13.8 Å². The zero-order chi connectivity index (χ0) is 15.2. The number of anilines is 4. The minimum atomic E-state index is 0.197. The van der Waals surface area contributed by atoms with E-state index in [1.807, 2.05) is 43.0 Å². The number of rotatable bonds is 6. The van der Waals surface area contributed by atoms with Crippen molar-refractivity contribution < 1.29 is 4.74 Å². The molecule has 0 atom stereocenters. The Kier molecular flexibility index (Phi) is 4.76. The van der Waals surface area contributed by atoms with Gasteiger partial charge in [0.1, 0.15) is 5.75 Å². The molecule has 0 spiro atoms. The van der Waals surface area contributed by atoms with E-state index in [4.69, 9.17) is 10.5 Å². The van der Waals surface area contributed by atoms with E-state index in [2.05, 4.69) is 20.3 Å². The summed E-state index contributed by atoms with van der Waals surface area (Å²) in [4.78, 5) is 14.7. The molecule has 1 heterocycles. The lowest BCUT2D eigenvalue weighted by atomic mass is 10.3. The summed E-state index contributed by atoms with van der Waals surface area (Å²) >= 11 is 0. The van der Waals surface area contributed by atoms with Crippen molar-refractivity contribution in [2.75, 3.05) is 36.1 Å². The summed E-state index contributed by atoms with van der Waals surface area (Å²) < 4.78 is 5.12. The summed E-state index contributed by atoms with van der Waals surface area (Å²) in [6, 6.07) is 7.49. The standard InChI is InChI=1S/C14H20N6O/c1-4-20(5-2)14-18-12(15)17-13(19-14)16-10-6-8-11(21-3)9-7-10/h6-9H,4-5H2,1-3H3,(H3,15,16,17,18,19). The van der Waals surface area contributed by atoms with Crippen molar-refractivity contribution in [3.63, 3.8) is 0 Å². The number of nitrogen functional groups attached to an aromatic ring is 1. The van der Waals surface area contributed by atoms with Gasteiger partial charge < -0.3 is 20.7 Å². The van der Waals surface area contributed by atoms with Crippen LogP contribution in [0.4, 0.5) is 23.5 Å². The highest BCUT2D eigenvalue weighted by molar-refractivity contribution is 5.56. The van der Waals surface area contributed by atoms with Crippen molar-refractivity contribution in [1.82, 2.24) is 15.0 Å². The van der Waals surface area contributed by atoms with Gasteiger partial charge in [0.2, 0.25) is 17.8 Å². The maximum absolute atomic E-state index is 5.76. The summed E-state index contributed by atoms with van der Waals surface area (Å²) in [5.74, 6) is 1.99. The molecule has 0 aliphatic heterocycles. The summed E-state index contributed by atoms with van der Waals surface area (Å²) in [6.07, 6.45) is 0. The average molecular weight is 288 g/mol. The third kappa shape index (κ3) is 3.71. The lowest BCUT2D eigenvalue weighted by Gasteiger charge is -2.19. The van der Waals surface area contributed by atoms with Crippen molar-refractivity contribution >= 4 is 23.5 Å². The Morgan fingerprint density at radius 2 is 1.76 bits per heavy atom. The molecule has 0 fully saturated rings. The fraction of sp³-hybridized carbons (Fsp3) is 0.357. The summed E-state index contributed by atoms with van der Waals surface area (Å²) in [5, 5.41) is 3.12. The molecule has 112 valence electrons. The van der Waals surface area contributed by atoms with Crippen molar-refractivity contribution in [2.24, 2.45) is 0 Å². The first-order valence-electron chi connectivity index (χ1n) is 6.83. The van der Waals surface area contributed by atoms with E-state index < -0.39 is 0 Å². The van der Waals surface area contributed by atoms with Gasteiger partial charge in [0.05, 0.1) is 7.11 Å². The topological polar surface area (TPSA) is 89.2 Å². The molecule has 2 rings (SSSR count). The quantitative estimate of drug-likeness (QED) is 0.840. The van der Waals surface area contributed by atoms with Crippen LogP contribution in [-0.2, 0) is 0 Å². The van der Waals surface area contributed by atoms with Crippen LogP contribution in [0.25, 0.3) is 0 Å². The first-order valence-corrected chi connectivity index (χ1v) is 6.83. The van der Waals surface area contributed by atoms with Crippen LogP contribution in [0.3, 0.4) is 0 Å². The molecule has 0 saturated carbocycles. The molecule has 0 saturated heterocycles. The molecule has 1 aromatic heterocycles. The highest BCUT2D eigenvalue weighted by Gasteiger charge is 2.09. The lowest BCUT2D eigenvalue weighted by Crippen LogP contribution is -2.25. The normalized spacial score (nSPS) is 10.2. The van der Waals surface area contributed by atoms with E-state index in [-0.39, 0.29) is 5.95 Å². The predicted molar refractivity (Wildman–Crippen MR) is 84.1 cm³/mol. The Hall–Kier alpha value is -2.57. The number of nitrogens with one attached hydrogen (secondary N) is 1. The van der Waals surface area contributed by atoms with Gasteiger partial charge in [-0.15, -0.1) is 0 Å². The molecule has 7 nitrogen and oxygen atoms in total. The van der Waals surface area contributed by atoms with Crippen molar-refractivity contribution in [3.8, 4) is 5.75 Å². The van der Waals surface area contributed by atoms with Crippen LogP contribution in [-0.4, -0.2) is 35.2 Å². The van der Waals surface area contributed by atoms with E-state index in [1.165, 1.54) is 0 Å². The highest BCUT2D eigenvalue weighted by atomic mass is 16.5. The Morgan fingerprint density at radius 3 is 2.33 bits per heavy atom. The van der Waals surface area contributed by atoms with Crippen LogP contribution in [0.2, 0.25) is 0 Å². The Labute approximate surface area is 124 Å². The van der Waals surface area contributed by atoms with Crippen molar-refractivity contribution in [1.29, 1.82) is 0 Å². The highest BCUT2D eigenvalue weighted by Crippen LogP contribution is 2.19. The van der Waals surface area contributed by atoms with Gasteiger partial charge in [-0.2, -0.15) is 15.0 Å². The van der Waals surface area contributed by atoms with Gasteiger partial charge in [-0.25, -0.2) is 0 Å². The summed E-state index contributed by atoms with van der Waals surface area (Å²) in [6.45, 7) is 5.70. The van der Waals surface area contributed by atoms with Gasteiger partial charge in [0.25, 0.3) is 0 Å². The molecule has 7 heteroatoms. The van der Waals surface area contributed by atoms with Gasteiger partial charge in [0.15, 0.2) is 0 Å². The minimum Gasteiger partial charge on any atom is -0.497 e. The van der Waals surface area contributed by atoms with Gasteiger partial charge in [-0.05, 0) is 38.1 Å². The molecule has 0 aliphatic carbocycles. The maximum Gasteiger partial charge on any atom is 0.233 e. The van der Waals surface area contributed by atoms with Gasteiger partial charge in [-0.1, -0.05) is 0 Å². The number of hydrogen-bond donors (Lipinski definition) is 2. The number of ether oxygens (including phenoxy) is 1. The molecule has 0 radical (unpaired) electrons. The molecular formula is C14H20N6O. The molecule has 1 aromatic carbocycles. The number of benzene rings is 1.